The molecule has 3 N–H and O–H groups in total. The highest BCUT2D eigenvalue weighted by molar-refractivity contribution is 6.00. The van der Waals surface area contributed by atoms with Crippen molar-refractivity contribution in [2.24, 2.45) is 0 Å². The number of aromatic nitrogens is 3. The lowest BCUT2D eigenvalue weighted by Crippen LogP contribution is -2.07. The number of pyridine rings is 1. The van der Waals surface area contributed by atoms with E-state index in [9.17, 15) is 0 Å². The molecule has 3 aromatic rings. The van der Waals surface area contributed by atoms with Crippen molar-refractivity contribution in [2.45, 2.75) is 13.0 Å². The van der Waals surface area contributed by atoms with E-state index in [1.54, 1.807) is 12.4 Å². The molecule has 0 saturated heterocycles. The monoisotopic (exact) mass is 267 g/mol. The highest BCUT2D eigenvalue weighted by Gasteiger charge is 2.03. The van der Waals surface area contributed by atoms with Gasteiger partial charge in [-0.05, 0) is 30.7 Å². The van der Waals surface area contributed by atoms with Gasteiger partial charge in [0.15, 0.2) is 0 Å². The number of anilines is 2. The van der Waals surface area contributed by atoms with Gasteiger partial charge in [0.05, 0.1) is 0 Å². The molecule has 0 radical (unpaired) electrons. The molecule has 0 bridgehead atoms. The molecule has 20 heavy (non-hydrogen) atoms. The van der Waals surface area contributed by atoms with Gasteiger partial charge in [0.1, 0.15) is 0 Å². The molecule has 0 aliphatic carbocycles. The Bertz CT molecular complexity index is 691. The van der Waals surface area contributed by atoms with Crippen molar-refractivity contribution in [1.82, 2.24) is 14.8 Å². The summed E-state index contributed by atoms with van der Waals surface area (Å²) in [6.07, 6.45) is 8.39. The Morgan fingerprint density at radius 1 is 1.15 bits per heavy atom. The predicted molar refractivity (Wildman–Crippen MR) is 81.5 cm³/mol. The summed E-state index contributed by atoms with van der Waals surface area (Å²) < 4.78 is 1.93. The summed E-state index contributed by atoms with van der Waals surface area (Å²) in [6.45, 7) is 1.79. The van der Waals surface area contributed by atoms with Gasteiger partial charge in [0.25, 0.3) is 0 Å². The molecule has 0 saturated carbocycles. The van der Waals surface area contributed by atoms with Crippen LogP contribution in [0.5, 0.6) is 0 Å². The first-order valence-electron chi connectivity index (χ1n) is 6.68. The molecule has 2 heterocycles. The third-order valence-corrected chi connectivity index (χ3v) is 3.29. The van der Waals surface area contributed by atoms with Gasteiger partial charge in [0, 0.05) is 60.0 Å². The second kappa shape index (κ2) is 5.61. The number of nitrogens with zero attached hydrogens (tertiary/aromatic N) is 3. The van der Waals surface area contributed by atoms with Crippen LogP contribution < -0.4 is 11.1 Å². The van der Waals surface area contributed by atoms with Crippen LogP contribution in [0.1, 0.15) is 6.42 Å². The molecule has 1 aromatic carbocycles. The molecule has 0 unspecified atom stereocenters. The fourth-order valence-electron chi connectivity index (χ4n) is 2.26. The van der Waals surface area contributed by atoms with Crippen molar-refractivity contribution in [2.75, 3.05) is 17.6 Å². The van der Waals surface area contributed by atoms with Crippen molar-refractivity contribution in [3.8, 4) is 0 Å². The summed E-state index contributed by atoms with van der Waals surface area (Å²) in [5.74, 6) is 0. The fourth-order valence-corrected chi connectivity index (χ4v) is 2.26. The van der Waals surface area contributed by atoms with E-state index in [4.69, 9.17) is 5.73 Å². The van der Waals surface area contributed by atoms with Crippen LogP contribution in [-0.2, 0) is 6.54 Å². The van der Waals surface area contributed by atoms with E-state index in [0.29, 0.717) is 0 Å². The summed E-state index contributed by atoms with van der Waals surface area (Å²) in [4.78, 5) is 4.17. The van der Waals surface area contributed by atoms with Crippen LogP contribution >= 0.6 is 0 Å². The average molecular weight is 267 g/mol. The molecule has 2 aromatic heterocycles. The minimum absolute atomic E-state index is 0.782. The lowest BCUT2D eigenvalue weighted by atomic mass is 10.1. The topological polar surface area (TPSA) is 68.8 Å². The quantitative estimate of drug-likeness (QED) is 0.550. The molecule has 0 fully saturated rings. The highest BCUT2D eigenvalue weighted by atomic mass is 15.3. The Kier molecular flexibility index (Phi) is 3.50. The number of benzene rings is 1. The number of nitrogens with two attached hydrogens (primary N) is 1. The number of nitrogens with one attached hydrogen (secondary N) is 1. The van der Waals surface area contributed by atoms with Gasteiger partial charge in [-0.3, -0.25) is 9.67 Å². The van der Waals surface area contributed by atoms with E-state index in [0.717, 1.165) is 41.7 Å². The van der Waals surface area contributed by atoms with Gasteiger partial charge in [-0.25, -0.2) is 0 Å². The third-order valence-electron chi connectivity index (χ3n) is 3.29. The molecule has 0 aliphatic rings. The summed E-state index contributed by atoms with van der Waals surface area (Å²) in [6, 6.07) is 7.82. The number of nitrogen functional groups attached to an aromatic ring is 1. The Morgan fingerprint density at radius 3 is 2.95 bits per heavy atom. The summed E-state index contributed by atoms with van der Waals surface area (Å²) in [5, 5.41) is 9.73. The molecule has 0 aliphatic heterocycles. The first kappa shape index (κ1) is 12.5. The minimum Gasteiger partial charge on any atom is -0.398 e. The molecule has 3 rings (SSSR count). The van der Waals surface area contributed by atoms with Gasteiger partial charge < -0.3 is 11.1 Å². The number of aryl methyl sites for hydroxylation is 1. The van der Waals surface area contributed by atoms with Gasteiger partial charge in [0.2, 0.25) is 0 Å². The Balaban J connectivity index is 1.67. The normalized spacial score (nSPS) is 10.8. The van der Waals surface area contributed by atoms with Gasteiger partial charge >= 0.3 is 0 Å². The first-order chi connectivity index (χ1) is 9.84. The third kappa shape index (κ3) is 2.56. The molecular weight excluding hydrogens is 250 g/mol. The summed E-state index contributed by atoms with van der Waals surface area (Å²) >= 11 is 0. The van der Waals surface area contributed by atoms with Crippen molar-refractivity contribution in [3.63, 3.8) is 0 Å². The minimum atomic E-state index is 0.782. The Hall–Kier alpha value is -2.56. The van der Waals surface area contributed by atoms with Crippen LogP contribution in [0.15, 0.2) is 49.1 Å². The van der Waals surface area contributed by atoms with Crippen LogP contribution in [0.2, 0.25) is 0 Å². The van der Waals surface area contributed by atoms with Crippen molar-refractivity contribution < 1.29 is 0 Å². The Morgan fingerprint density at radius 2 is 2.10 bits per heavy atom. The SMILES string of the molecule is Nc1ccc(NCCCn2cccn2)c2cnccc12. The van der Waals surface area contributed by atoms with Gasteiger partial charge in [-0.1, -0.05) is 0 Å². The average Bonchev–Trinajstić information content (AvgIpc) is 2.99. The maximum absolute atomic E-state index is 5.98. The molecule has 0 atom stereocenters. The smallest absolute Gasteiger partial charge is 0.0489 e. The lowest BCUT2D eigenvalue weighted by molar-refractivity contribution is 0.592. The fraction of sp³-hybridized carbons (Fsp3) is 0.200. The van der Waals surface area contributed by atoms with Gasteiger partial charge in [-0.15, -0.1) is 0 Å². The molecule has 102 valence electrons. The molecule has 5 nitrogen and oxygen atoms in total. The van der Waals surface area contributed by atoms with E-state index in [1.165, 1.54) is 0 Å². The van der Waals surface area contributed by atoms with E-state index in [-0.39, 0.29) is 0 Å². The molecular formula is C15H17N5. The van der Waals surface area contributed by atoms with E-state index >= 15 is 0 Å². The van der Waals surface area contributed by atoms with E-state index < -0.39 is 0 Å². The van der Waals surface area contributed by atoms with Crippen LogP contribution in [0.3, 0.4) is 0 Å². The standard InChI is InChI=1S/C15H17N5/c16-14-3-4-15(13-11-17-8-5-12(13)14)18-6-1-9-20-10-2-7-19-20/h2-5,7-8,10-11,18H,1,6,9,16H2. The van der Waals surface area contributed by atoms with Crippen LogP contribution in [0.4, 0.5) is 11.4 Å². The zero-order valence-electron chi connectivity index (χ0n) is 11.2. The Labute approximate surface area is 117 Å². The number of hydrogen-bond acceptors (Lipinski definition) is 4. The molecule has 0 spiro atoms. The summed E-state index contributed by atoms with van der Waals surface area (Å²) in [7, 11) is 0. The van der Waals surface area contributed by atoms with E-state index in [1.807, 2.05) is 41.3 Å². The van der Waals surface area contributed by atoms with Gasteiger partial charge in [-0.2, -0.15) is 5.10 Å². The van der Waals surface area contributed by atoms with Crippen molar-refractivity contribution in [3.05, 3.63) is 49.1 Å². The predicted octanol–water partition coefficient (Wildman–Crippen LogP) is 2.52. The van der Waals surface area contributed by atoms with Crippen LogP contribution in [0.25, 0.3) is 10.8 Å². The number of hydrogen-bond donors (Lipinski definition) is 2. The molecule has 0 amide bonds. The largest absolute Gasteiger partial charge is 0.398 e. The lowest BCUT2D eigenvalue weighted by Gasteiger charge is -2.11. The number of rotatable bonds is 5. The zero-order valence-corrected chi connectivity index (χ0v) is 11.2. The molecule has 5 heteroatoms. The number of fused-ring (bicyclic) bond motifs is 1. The van der Waals surface area contributed by atoms with Crippen LogP contribution in [-0.4, -0.2) is 21.3 Å². The second-order valence-electron chi connectivity index (χ2n) is 4.67. The van der Waals surface area contributed by atoms with E-state index in [2.05, 4.69) is 15.4 Å². The highest BCUT2D eigenvalue weighted by Crippen LogP contribution is 2.27. The van der Waals surface area contributed by atoms with Crippen molar-refractivity contribution >= 4 is 22.1 Å². The second-order valence-corrected chi connectivity index (χ2v) is 4.67. The zero-order chi connectivity index (χ0) is 13.8. The first-order valence-corrected chi connectivity index (χ1v) is 6.68. The van der Waals surface area contributed by atoms with Crippen molar-refractivity contribution in [1.29, 1.82) is 0 Å². The maximum atomic E-state index is 5.98. The summed E-state index contributed by atoms with van der Waals surface area (Å²) in [5.41, 5.74) is 7.83. The van der Waals surface area contributed by atoms with Crippen LogP contribution in [0, 0.1) is 0 Å². The maximum Gasteiger partial charge on any atom is 0.0489 e.